The second kappa shape index (κ2) is 43.8. The van der Waals surface area contributed by atoms with Crippen LogP contribution >= 0.6 is 0 Å². The summed E-state index contributed by atoms with van der Waals surface area (Å²) in [5, 5.41) is 21.8. The normalized spacial score (nSPS) is 18.4. The van der Waals surface area contributed by atoms with Gasteiger partial charge in [-0.3, -0.25) is 19.2 Å². The third-order valence-electron chi connectivity index (χ3n) is 27.1. The third-order valence-corrected chi connectivity index (χ3v) is 27.1. The highest BCUT2D eigenvalue weighted by Crippen LogP contribution is 2.48. The fourth-order valence-corrected chi connectivity index (χ4v) is 18.9. The number of carbonyl (C=O) groups is 6. The summed E-state index contributed by atoms with van der Waals surface area (Å²) in [6.07, 6.45) is 32.3. The lowest BCUT2D eigenvalue weighted by molar-refractivity contribution is -0.190. The maximum Gasteiger partial charge on any atom is 0.355 e. The van der Waals surface area contributed by atoms with Crippen LogP contribution in [0.1, 0.15) is 312 Å². The zero-order valence-electron chi connectivity index (χ0n) is 77.3. The predicted molar refractivity (Wildman–Crippen MR) is 491 cm³/mol. The van der Waals surface area contributed by atoms with Gasteiger partial charge >= 0.3 is 23.9 Å². The number of pyridine rings is 4. The van der Waals surface area contributed by atoms with Crippen LogP contribution < -0.4 is 30.1 Å². The van der Waals surface area contributed by atoms with Crippen LogP contribution in [-0.2, 0) is 103 Å². The number of unbranched alkanes of at least 4 members (excludes halogenated alkanes) is 20. The average molecular weight is 1740 g/mol. The van der Waals surface area contributed by atoms with Gasteiger partial charge in [-0.1, -0.05) is 180 Å². The summed E-state index contributed by atoms with van der Waals surface area (Å²) in [6, 6.07) is 23.1. The van der Waals surface area contributed by atoms with E-state index in [0.29, 0.717) is 96.2 Å². The molecule has 0 radical (unpaired) electrons. The summed E-state index contributed by atoms with van der Waals surface area (Å²) in [4.78, 5) is 114. The van der Waals surface area contributed by atoms with Crippen LogP contribution in [-0.4, -0.2) is 116 Å². The van der Waals surface area contributed by atoms with Gasteiger partial charge in [0.2, 0.25) is 5.60 Å². The molecule has 127 heavy (non-hydrogen) atoms. The Labute approximate surface area is 748 Å². The van der Waals surface area contributed by atoms with E-state index < -0.39 is 52.9 Å². The van der Waals surface area contributed by atoms with Crippen LogP contribution in [0.3, 0.4) is 0 Å². The van der Waals surface area contributed by atoms with Crippen molar-refractivity contribution in [2.24, 2.45) is 0 Å². The maximum absolute atomic E-state index is 14.0. The number of Topliss-reactive ketones (excluding diaryl/α,β-unsaturated/α-hetero) is 2. The van der Waals surface area contributed by atoms with Gasteiger partial charge < -0.3 is 62.0 Å². The number of benzene rings is 4. The number of esters is 3. The van der Waals surface area contributed by atoms with E-state index in [1.165, 1.54) is 83.5 Å². The van der Waals surface area contributed by atoms with Crippen LogP contribution in [0.15, 0.2) is 82.4 Å². The first kappa shape index (κ1) is 96.0. The highest BCUT2D eigenvalue weighted by Gasteiger charge is 2.52. The van der Waals surface area contributed by atoms with Crippen LogP contribution in [0.25, 0.3) is 44.6 Å². The van der Waals surface area contributed by atoms with Gasteiger partial charge in [-0.2, -0.15) is 0 Å². The molecule has 0 saturated heterocycles. The molecule has 6 aliphatic rings. The van der Waals surface area contributed by atoms with E-state index in [2.05, 4.69) is 13.8 Å². The van der Waals surface area contributed by atoms with Gasteiger partial charge in [0, 0.05) is 83.4 Å². The van der Waals surface area contributed by atoms with Crippen molar-refractivity contribution in [1.29, 1.82) is 0 Å². The third kappa shape index (κ3) is 21.8. The van der Waals surface area contributed by atoms with E-state index in [1.807, 2.05) is 116 Å². The Morgan fingerprint density at radius 1 is 0.457 bits per heavy atom. The summed E-state index contributed by atoms with van der Waals surface area (Å²) in [5.74, 6) is -0.289. The molecule has 684 valence electrons. The minimum Gasteiger partial charge on any atom is -0.481 e. The molecule has 2 N–H and O–H groups in total. The standard InChI is InChI=1S/C52H66N2O9.C32H52O6.C20H16N2O4/c1-7-9-10-11-15-20-27-59-28-21-16-13-12-14-17-24-44(55)51(6)26-25-39-36(5)47(34(3)35(4)48(39)63-51)60-33-45(56)62-52(8-2)41-30-43-46-38(29-37-22-18-19-23-42(37)53-46)31-54(43)49(57)40(41)32-61-50(52)58;1-6-7-8-9-13-16-21-36-22-17-14-11-10-12-15-18-28(33)32(5)20-19-27-26(4)30(37-23-29(34)35)24(2)25(3)31(27)38-32;1-2-20(25)14-8-16-17-12(7-11-5-3-4-6-15(11)21-17)9-22(16)18(23)13(14)10-26-19(20)24/h18-19,22-23,29-30H,7-17,20-21,24-28,31-33H2,1-6H3;6-23H2,1-5H3,(H,34,35);3-8,25H,2,9-10H2,1H3/t51?,52-;;20-/m0.0/s1. The zero-order valence-corrected chi connectivity index (χ0v) is 77.3. The van der Waals surface area contributed by atoms with Crippen molar-refractivity contribution in [2.45, 2.75) is 337 Å². The fraction of sp³-hybridized carbons (Fsp3) is 0.558. The molecule has 8 aromatic rings. The Morgan fingerprint density at radius 3 is 1.28 bits per heavy atom. The lowest BCUT2D eigenvalue weighted by Crippen LogP contribution is -2.48. The monoisotopic (exact) mass is 1740 g/mol. The fourth-order valence-electron chi connectivity index (χ4n) is 18.9. The number of fused-ring (bicyclic) bond motifs is 12. The highest BCUT2D eigenvalue weighted by atomic mass is 16.6. The second-order valence-corrected chi connectivity index (χ2v) is 36.0. The molecule has 6 aliphatic heterocycles. The number of ether oxygens (including phenoxy) is 9. The maximum atomic E-state index is 14.0. The minimum atomic E-state index is -1.84. The molecule has 0 fully saturated rings. The predicted octanol–water partition coefficient (Wildman–Crippen LogP) is 20.3. The number of nitrogens with zero attached hydrogens (tertiary/aromatic N) is 4. The number of carboxylic acids is 1. The molecule has 0 amide bonds. The lowest BCUT2D eigenvalue weighted by atomic mass is 9.84. The topological polar surface area (TPSA) is 296 Å². The molecule has 0 spiro atoms. The van der Waals surface area contributed by atoms with Crippen molar-refractivity contribution >= 4 is 57.2 Å². The van der Waals surface area contributed by atoms with Gasteiger partial charge in [0.25, 0.3) is 11.1 Å². The molecule has 0 saturated carbocycles. The summed E-state index contributed by atoms with van der Waals surface area (Å²) in [6.45, 7) is 26.4. The van der Waals surface area contributed by atoms with E-state index in [0.717, 1.165) is 192 Å². The summed E-state index contributed by atoms with van der Waals surface area (Å²) >= 11 is 0. The number of hydrogen-bond donors (Lipinski definition) is 2. The molecule has 23 nitrogen and oxygen atoms in total. The molecule has 14 rings (SSSR count). The number of carbonyl (C=O) groups excluding carboxylic acids is 5. The SMILES string of the molecule is CCCCCCCCOCCCCCCCCC(=O)C1(C)CCc2c(C)c(OCC(=O)O)c(C)c(C)c2O1.CCCCCCCCOCCCCCCCCC(=O)C1(C)CCc2c(C)c(OCC(=O)O[C@]3(CC)C(=O)OCc4c3cc3n(c4=O)Cc4cc5ccccc5nc4-3)c(C)c(C)c2O1.CC[C@@]1(O)C(=O)OCc2c1cc1n(c2=O)Cc2cc3ccccc3nc2-1. The number of aliphatic hydroxyl groups is 1. The van der Waals surface area contributed by atoms with E-state index in [9.17, 15) is 43.5 Å². The molecule has 10 heterocycles. The smallest absolute Gasteiger partial charge is 0.355 e. The molecule has 0 bridgehead atoms. The van der Waals surface area contributed by atoms with Crippen molar-refractivity contribution < 1.29 is 81.6 Å². The van der Waals surface area contributed by atoms with Crippen molar-refractivity contribution in [3.8, 4) is 45.8 Å². The number of carboxylic acid groups (broad SMARTS) is 1. The summed E-state index contributed by atoms with van der Waals surface area (Å²) in [5.41, 5.74) is 8.58. The molecule has 23 heteroatoms. The molecule has 4 aromatic carbocycles. The molecule has 4 aromatic heterocycles. The number of para-hydroxylation sites is 2. The molecule has 4 atom stereocenters. The molecular weight excluding hydrogens is 1610 g/mol. The van der Waals surface area contributed by atoms with Gasteiger partial charge in [-0.15, -0.1) is 0 Å². The first-order valence-electron chi connectivity index (χ1n) is 47.1. The summed E-state index contributed by atoms with van der Waals surface area (Å²) in [7, 11) is 0. The highest BCUT2D eigenvalue weighted by molar-refractivity contribution is 5.91. The van der Waals surface area contributed by atoms with E-state index in [-0.39, 0.29) is 60.9 Å². The second-order valence-electron chi connectivity index (χ2n) is 36.0. The number of aromatic nitrogens is 4. The Hall–Kier alpha value is -10.1. The number of hydrogen-bond acceptors (Lipinski definition) is 20. The molecule has 0 aliphatic carbocycles. The van der Waals surface area contributed by atoms with E-state index in [1.54, 1.807) is 35.1 Å². The average Bonchev–Trinajstić information content (AvgIpc) is 1.64. The number of rotatable bonds is 43. The minimum absolute atomic E-state index is 0.0472. The first-order chi connectivity index (χ1) is 61.2. The van der Waals surface area contributed by atoms with Crippen LogP contribution in [0, 0.1) is 41.5 Å². The van der Waals surface area contributed by atoms with Crippen LogP contribution in [0.4, 0.5) is 0 Å². The quantitative estimate of drug-likeness (QED) is 0.0204. The number of cyclic esters (lactones) is 2. The largest absolute Gasteiger partial charge is 0.481 e. The molecular formula is C104H134N4O19. The van der Waals surface area contributed by atoms with Gasteiger partial charge in [-0.05, 0) is 202 Å². The number of ketones is 2. The lowest BCUT2D eigenvalue weighted by Gasteiger charge is -2.37. The van der Waals surface area contributed by atoms with Crippen molar-refractivity contribution in [2.75, 3.05) is 39.6 Å². The zero-order chi connectivity index (χ0) is 90.7. The van der Waals surface area contributed by atoms with Gasteiger partial charge in [0.1, 0.15) is 36.2 Å². The van der Waals surface area contributed by atoms with Gasteiger partial charge in [0.15, 0.2) is 41.6 Å². The Kier molecular flexibility index (Phi) is 33.1. The Morgan fingerprint density at radius 2 is 0.850 bits per heavy atom. The van der Waals surface area contributed by atoms with Gasteiger partial charge in [-0.25, -0.2) is 29.1 Å². The first-order valence-corrected chi connectivity index (χ1v) is 47.1. The van der Waals surface area contributed by atoms with Crippen molar-refractivity contribution in [3.63, 3.8) is 0 Å². The van der Waals surface area contributed by atoms with Crippen molar-refractivity contribution in [1.82, 2.24) is 19.1 Å². The van der Waals surface area contributed by atoms with Gasteiger partial charge in [0.05, 0.1) is 58.0 Å². The van der Waals surface area contributed by atoms with Crippen LogP contribution in [0.2, 0.25) is 0 Å². The van der Waals surface area contributed by atoms with Crippen LogP contribution in [0.5, 0.6) is 23.0 Å². The van der Waals surface area contributed by atoms with E-state index >= 15 is 0 Å². The molecule has 2 unspecified atom stereocenters. The van der Waals surface area contributed by atoms with E-state index in [4.69, 9.17) is 57.7 Å². The number of aliphatic carboxylic acids is 1. The Balaban J connectivity index is 0.000000192. The van der Waals surface area contributed by atoms with Crippen molar-refractivity contribution in [3.05, 3.63) is 171 Å². The Bertz CT molecular complexity index is 5450. The summed E-state index contributed by atoms with van der Waals surface area (Å²) < 4.78 is 56.3.